The highest BCUT2D eigenvalue weighted by atomic mass is 79.9. The minimum absolute atomic E-state index is 0.0300. The summed E-state index contributed by atoms with van der Waals surface area (Å²) >= 11 is 2.88. The summed E-state index contributed by atoms with van der Waals surface area (Å²) in [6.45, 7) is 1.50. The number of carboxylic acids is 1. The molecule has 82 valence electrons. The molecular formula is C10H10BrFO3. The molecule has 0 radical (unpaired) electrons. The number of phenols is 1. The third-order valence-electron chi connectivity index (χ3n) is 2.09. The number of halogens is 2. The van der Waals surface area contributed by atoms with E-state index in [2.05, 4.69) is 15.9 Å². The second kappa shape index (κ2) is 4.61. The van der Waals surface area contributed by atoms with Crippen molar-refractivity contribution in [2.24, 2.45) is 5.92 Å². The highest BCUT2D eigenvalue weighted by molar-refractivity contribution is 9.10. The number of aliphatic carboxylic acids is 1. The van der Waals surface area contributed by atoms with Crippen molar-refractivity contribution in [1.82, 2.24) is 0 Å². The van der Waals surface area contributed by atoms with E-state index in [9.17, 15) is 9.18 Å². The summed E-state index contributed by atoms with van der Waals surface area (Å²) in [6.07, 6.45) is 0.0973. The van der Waals surface area contributed by atoms with Crippen LogP contribution in [0.25, 0.3) is 0 Å². The molecule has 1 aromatic rings. The first-order valence-electron chi connectivity index (χ1n) is 4.32. The normalized spacial score (nSPS) is 12.5. The van der Waals surface area contributed by atoms with Gasteiger partial charge in [0.2, 0.25) is 0 Å². The van der Waals surface area contributed by atoms with Gasteiger partial charge in [0.15, 0.2) is 0 Å². The number of carbonyl (C=O) groups is 1. The van der Waals surface area contributed by atoms with Gasteiger partial charge < -0.3 is 10.2 Å². The van der Waals surface area contributed by atoms with Gasteiger partial charge in [-0.2, -0.15) is 0 Å². The molecule has 0 aliphatic rings. The van der Waals surface area contributed by atoms with E-state index in [4.69, 9.17) is 10.2 Å². The van der Waals surface area contributed by atoms with Gasteiger partial charge in [0.1, 0.15) is 11.6 Å². The molecule has 0 heterocycles. The molecule has 0 aromatic heterocycles. The summed E-state index contributed by atoms with van der Waals surface area (Å²) in [6, 6.07) is 2.71. The number of rotatable bonds is 3. The van der Waals surface area contributed by atoms with Crippen LogP contribution in [0.3, 0.4) is 0 Å². The van der Waals surface area contributed by atoms with Crippen molar-refractivity contribution in [2.45, 2.75) is 13.3 Å². The Morgan fingerprint density at radius 3 is 2.73 bits per heavy atom. The van der Waals surface area contributed by atoms with Gasteiger partial charge in [0, 0.05) is 0 Å². The number of phenolic OH excluding ortho intramolecular Hbond substituents is 1. The van der Waals surface area contributed by atoms with Gasteiger partial charge in [0.25, 0.3) is 0 Å². The number of hydrogen-bond acceptors (Lipinski definition) is 2. The summed E-state index contributed by atoms with van der Waals surface area (Å²) < 4.78 is 13.5. The molecule has 0 amide bonds. The Labute approximate surface area is 94.7 Å². The molecule has 2 N–H and O–H groups in total. The Hall–Kier alpha value is -1.10. The van der Waals surface area contributed by atoms with Crippen LogP contribution in [0.1, 0.15) is 12.5 Å². The molecule has 1 rings (SSSR count). The Kier molecular flexibility index (Phi) is 3.68. The SMILES string of the molecule is CC(Cc1ccc(O)c(Br)c1F)C(=O)O. The van der Waals surface area contributed by atoms with E-state index in [0.717, 1.165) is 0 Å². The molecule has 15 heavy (non-hydrogen) atoms. The average Bonchev–Trinajstić information content (AvgIpc) is 2.18. The van der Waals surface area contributed by atoms with Crippen LogP contribution in [0.5, 0.6) is 5.75 Å². The standard InChI is InChI=1S/C10H10BrFO3/c1-5(10(14)15)4-6-2-3-7(13)8(11)9(6)12/h2-3,5,13H,4H2,1H3,(H,14,15). The van der Waals surface area contributed by atoms with E-state index >= 15 is 0 Å². The van der Waals surface area contributed by atoms with Crippen molar-refractivity contribution >= 4 is 21.9 Å². The zero-order valence-electron chi connectivity index (χ0n) is 8.00. The van der Waals surface area contributed by atoms with Crippen molar-refractivity contribution in [1.29, 1.82) is 0 Å². The molecule has 0 saturated heterocycles. The quantitative estimate of drug-likeness (QED) is 0.892. The maximum absolute atomic E-state index is 13.5. The minimum atomic E-state index is -0.974. The van der Waals surface area contributed by atoms with E-state index in [1.54, 1.807) is 0 Å². The number of aromatic hydroxyl groups is 1. The monoisotopic (exact) mass is 276 g/mol. The molecule has 3 nitrogen and oxygen atoms in total. The molecule has 0 spiro atoms. The lowest BCUT2D eigenvalue weighted by Gasteiger charge is -2.09. The van der Waals surface area contributed by atoms with Gasteiger partial charge in [0.05, 0.1) is 10.4 Å². The number of hydrogen-bond donors (Lipinski definition) is 2. The van der Waals surface area contributed by atoms with Crippen LogP contribution in [0.4, 0.5) is 4.39 Å². The molecule has 5 heteroatoms. The first-order chi connectivity index (χ1) is 6.93. The van der Waals surface area contributed by atoms with Crippen molar-refractivity contribution in [3.05, 3.63) is 28.0 Å². The van der Waals surface area contributed by atoms with Crippen molar-refractivity contribution in [3.8, 4) is 5.75 Å². The summed E-state index contributed by atoms with van der Waals surface area (Å²) in [4.78, 5) is 10.6. The van der Waals surface area contributed by atoms with Crippen molar-refractivity contribution < 1.29 is 19.4 Å². The van der Waals surface area contributed by atoms with Crippen LogP contribution < -0.4 is 0 Å². The molecule has 1 unspecified atom stereocenters. The Bertz CT molecular complexity index is 392. The summed E-state index contributed by atoms with van der Waals surface area (Å²) in [5, 5.41) is 17.8. The number of carboxylic acid groups (broad SMARTS) is 1. The summed E-state index contributed by atoms with van der Waals surface area (Å²) in [5.74, 6) is -2.43. The summed E-state index contributed by atoms with van der Waals surface area (Å²) in [7, 11) is 0. The highest BCUT2D eigenvalue weighted by Gasteiger charge is 2.16. The minimum Gasteiger partial charge on any atom is -0.507 e. The van der Waals surface area contributed by atoms with E-state index in [0.29, 0.717) is 0 Å². The summed E-state index contributed by atoms with van der Waals surface area (Å²) in [5.41, 5.74) is 0.273. The van der Waals surface area contributed by atoms with E-state index < -0.39 is 17.7 Å². The molecule has 1 atom stereocenters. The highest BCUT2D eigenvalue weighted by Crippen LogP contribution is 2.29. The van der Waals surface area contributed by atoms with Crippen LogP contribution in [0.2, 0.25) is 0 Å². The lowest BCUT2D eigenvalue weighted by molar-refractivity contribution is -0.141. The average molecular weight is 277 g/mol. The first kappa shape index (κ1) is 12.0. The lowest BCUT2D eigenvalue weighted by Crippen LogP contribution is -2.13. The fourth-order valence-corrected chi connectivity index (χ4v) is 1.54. The van der Waals surface area contributed by atoms with Crippen LogP contribution in [0, 0.1) is 11.7 Å². The van der Waals surface area contributed by atoms with Gasteiger partial charge in [-0.3, -0.25) is 4.79 Å². The van der Waals surface area contributed by atoms with Crippen molar-refractivity contribution in [3.63, 3.8) is 0 Å². The molecule has 0 bridgehead atoms. The van der Waals surface area contributed by atoms with Gasteiger partial charge in [-0.15, -0.1) is 0 Å². The van der Waals surface area contributed by atoms with Crippen LogP contribution in [-0.4, -0.2) is 16.2 Å². The second-order valence-corrected chi connectivity index (χ2v) is 4.11. The van der Waals surface area contributed by atoms with Gasteiger partial charge in [-0.05, 0) is 34.0 Å². The maximum atomic E-state index is 13.5. The lowest BCUT2D eigenvalue weighted by atomic mass is 10.0. The fraction of sp³-hybridized carbons (Fsp3) is 0.300. The predicted molar refractivity (Wildman–Crippen MR) is 56.3 cm³/mol. The van der Waals surface area contributed by atoms with Gasteiger partial charge in [-0.1, -0.05) is 13.0 Å². The third-order valence-corrected chi connectivity index (χ3v) is 2.84. The molecule has 0 fully saturated rings. The topological polar surface area (TPSA) is 57.5 Å². The smallest absolute Gasteiger partial charge is 0.306 e. The van der Waals surface area contributed by atoms with E-state index in [1.807, 2.05) is 0 Å². The third kappa shape index (κ3) is 2.68. The van der Waals surface area contributed by atoms with Crippen molar-refractivity contribution in [2.75, 3.05) is 0 Å². The van der Waals surface area contributed by atoms with Crippen LogP contribution >= 0.6 is 15.9 Å². The Morgan fingerprint density at radius 1 is 1.60 bits per heavy atom. The zero-order valence-corrected chi connectivity index (χ0v) is 9.58. The molecule has 0 aliphatic heterocycles. The van der Waals surface area contributed by atoms with Gasteiger partial charge >= 0.3 is 5.97 Å². The maximum Gasteiger partial charge on any atom is 0.306 e. The fourth-order valence-electron chi connectivity index (χ4n) is 1.15. The van der Waals surface area contributed by atoms with E-state index in [1.165, 1.54) is 19.1 Å². The Morgan fingerprint density at radius 2 is 2.20 bits per heavy atom. The second-order valence-electron chi connectivity index (χ2n) is 3.32. The first-order valence-corrected chi connectivity index (χ1v) is 5.11. The number of benzene rings is 1. The Balaban J connectivity index is 2.97. The zero-order chi connectivity index (χ0) is 11.6. The van der Waals surface area contributed by atoms with E-state index in [-0.39, 0.29) is 22.2 Å². The predicted octanol–water partition coefficient (Wildman–Crippen LogP) is 2.56. The molecular weight excluding hydrogens is 267 g/mol. The largest absolute Gasteiger partial charge is 0.507 e. The molecule has 1 aromatic carbocycles. The van der Waals surface area contributed by atoms with Gasteiger partial charge in [-0.25, -0.2) is 4.39 Å². The molecule has 0 aliphatic carbocycles. The molecule has 0 saturated carbocycles. The van der Waals surface area contributed by atoms with Crippen LogP contribution in [0.15, 0.2) is 16.6 Å². The van der Waals surface area contributed by atoms with Crippen LogP contribution in [-0.2, 0) is 11.2 Å².